The van der Waals surface area contributed by atoms with Gasteiger partial charge in [0, 0.05) is 48.0 Å². The van der Waals surface area contributed by atoms with E-state index in [-0.39, 0.29) is 11.8 Å². The van der Waals surface area contributed by atoms with E-state index in [0.29, 0.717) is 31.9 Å². The Labute approximate surface area is 211 Å². The number of aromatic nitrogens is 1. The van der Waals surface area contributed by atoms with Gasteiger partial charge in [-0.25, -0.2) is 0 Å². The van der Waals surface area contributed by atoms with E-state index in [2.05, 4.69) is 22.0 Å². The van der Waals surface area contributed by atoms with Crippen molar-refractivity contribution in [1.82, 2.24) is 9.47 Å². The fourth-order valence-corrected chi connectivity index (χ4v) is 4.74. The van der Waals surface area contributed by atoms with Crippen LogP contribution in [0.25, 0.3) is 10.9 Å². The highest BCUT2D eigenvalue weighted by Gasteiger charge is 2.22. The van der Waals surface area contributed by atoms with Crippen molar-refractivity contribution in [2.45, 2.75) is 25.8 Å². The number of carbonyl (C=O) groups excluding carboxylic acids is 2. The first kappa shape index (κ1) is 23.8. The Morgan fingerprint density at radius 3 is 2.47 bits per heavy atom. The van der Waals surface area contributed by atoms with E-state index in [1.54, 1.807) is 0 Å². The van der Waals surface area contributed by atoms with Gasteiger partial charge in [-0.2, -0.15) is 0 Å². The van der Waals surface area contributed by atoms with Crippen molar-refractivity contribution in [3.63, 3.8) is 0 Å². The van der Waals surface area contributed by atoms with Gasteiger partial charge in [0.15, 0.2) is 0 Å². The fourth-order valence-electron chi connectivity index (χ4n) is 4.74. The molecule has 6 heteroatoms. The molecule has 0 bridgehead atoms. The maximum absolute atomic E-state index is 13.2. The van der Waals surface area contributed by atoms with E-state index in [0.717, 1.165) is 53.5 Å². The van der Waals surface area contributed by atoms with Crippen LogP contribution < -0.4 is 5.32 Å². The number of rotatable bonds is 8. The maximum Gasteiger partial charge on any atom is 0.256 e. The molecule has 3 aromatic carbocycles. The summed E-state index contributed by atoms with van der Waals surface area (Å²) in [6, 6.07) is 25.5. The number of ether oxygens (including phenoxy) is 1. The van der Waals surface area contributed by atoms with Crippen molar-refractivity contribution in [2.75, 3.05) is 31.6 Å². The molecule has 0 aliphatic carbocycles. The number of fused-ring (bicyclic) bond motifs is 1. The smallest absolute Gasteiger partial charge is 0.256 e. The van der Waals surface area contributed by atoms with Crippen molar-refractivity contribution in [1.29, 1.82) is 0 Å². The highest BCUT2D eigenvalue weighted by Crippen LogP contribution is 2.24. The van der Waals surface area contributed by atoms with Crippen molar-refractivity contribution in [2.24, 2.45) is 0 Å². The molecule has 0 atom stereocenters. The summed E-state index contributed by atoms with van der Waals surface area (Å²) < 4.78 is 7.61. The number of nitrogens with zero attached hydrogens (tertiary/aromatic N) is 2. The minimum Gasteiger partial charge on any atom is -0.378 e. The molecule has 36 heavy (non-hydrogen) atoms. The molecule has 184 valence electrons. The molecule has 1 N–H and O–H groups in total. The summed E-state index contributed by atoms with van der Waals surface area (Å²) in [7, 11) is 0. The van der Waals surface area contributed by atoms with E-state index < -0.39 is 0 Å². The van der Waals surface area contributed by atoms with Gasteiger partial charge in [0.1, 0.15) is 0 Å². The number of carbonyl (C=O) groups is 2. The Morgan fingerprint density at radius 1 is 0.861 bits per heavy atom. The van der Waals surface area contributed by atoms with Gasteiger partial charge < -0.3 is 19.5 Å². The van der Waals surface area contributed by atoms with E-state index >= 15 is 0 Å². The molecule has 5 rings (SSSR count). The third kappa shape index (κ3) is 5.50. The van der Waals surface area contributed by atoms with Crippen LogP contribution in [-0.2, 0) is 17.7 Å². The Kier molecular flexibility index (Phi) is 7.43. The van der Waals surface area contributed by atoms with Crippen LogP contribution in [0.1, 0.15) is 39.1 Å². The van der Waals surface area contributed by atoms with E-state index in [4.69, 9.17) is 4.74 Å². The third-order valence-corrected chi connectivity index (χ3v) is 6.65. The number of unbranched alkanes of at least 4 members (excludes halogenated alkanes) is 1. The first-order chi connectivity index (χ1) is 17.7. The van der Waals surface area contributed by atoms with Crippen molar-refractivity contribution < 1.29 is 14.3 Å². The third-order valence-electron chi connectivity index (χ3n) is 6.65. The molecule has 0 spiro atoms. The van der Waals surface area contributed by atoms with E-state index in [1.807, 2.05) is 77.8 Å². The summed E-state index contributed by atoms with van der Waals surface area (Å²) in [5.74, 6) is -0.0156. The molecule has 1 fully saturated rings. The number of benzene rings is 3. The molecule has 1 saturated heterocycles. The number of morpholine rings is 1. The first-order valence-electron chi connectivity index (χ1n) is 12.6. The number of hydrogen-bond acceptors (Lipinski definition) is 3. The number of hydrogen-bond donors (Lipinski definition) is 1. The second-order valence-electron chi connectivity index (χ2n) is 9.14. The fraction of sp³-hybridized carbons (Fsp3) is 0.267. The standard InChI is InChI=1S/C30H31N3O3/c34-29(31-25-12-2-1-3-13-25)24-11-8-10-23(21-24)9-6-7-16-33-22-27(26-14-4-5-15-28(26)33)30(35)32-17-19-36-20-18-32/h1-5,8,10-15,21-22H,6-7,9,16-20H2,(H,31,34). The molecule has 0 radical (unpaired) electrons. The summed E-state index contributed by atoms with van der Waals surface area (Å²) in [6.45, 7) is 3.31. The molecule has 1 aliphatic heterocycles. The first-order valence-corrected chi connectivity index (χ1v) is 12.6. The Morgan fingerprint density at radius 2 is 1.64 bits per heavy atom. The van der Waals surface area contributed by atoms with Crippen LogP contribution in [0, 0.1) is 0 Å². The highest BCUT2D eigenvalue weighted by atomic mass is 16.5. The van der Waals surface area contributed by atoms with Crippen molar-refractivity contribution in [3.8, 4) is 0 Å². The highest BCUT2D eigenvalue weighted by molar-refractivity contribution is 6.07. The van der Waals surface area contributed by atoms with Crippen LogP contribution in [0.15, 0.2) is 85.1 Å². The second kappa shape index (κ2) is 11.2. The van der Waals surface area contributed by atoms with E-state index in [9.17, 15) is 9.59 Å². The van der Waals surface area contributed by atoms with Gasteiger partial charge in [0.2, 0.25) is 0 Å². The van der Waals surface area contributed by atoms with Crippen molar-refractivity contribution in [3.05, 3.63) is 102 Å². The lowest BCUT2D eigenvalue weighted by molar-refractivity contribution is 0.0304. The van der Waals surface area contributed by atoms with Gasteiger partial charge in [-0.3, -0.25) is 9.59 Å². The molecule has 0 unspecified atom stereocenters. The molecule has 2 amide bonds. The van der Waals surface area contributed by atoms with Crippen LogP contribution in [0.5, 0.6) is 0 Å². The summed E-state index contributed by atoms with van der Waals surface area (Å²) in [5.41, 5.74) is 4.46. The SMILES string of the molecule is O=C(Nc1ccccc1)c1cccc(CCCCn2cc(C(=O)N3CCOCC3)c3ccccc32)c1. The Balaban J connectivity index is 1.20. The lowest BCUT2D eigenvalue weighted by Gasteiger charge is -2.26. The predicted octanol–water partition coefficient (Wildman–Crippen LogP) is 5.39. The lowest BCUT2D eigenvalue weighted by Crippen LogP contribution is -2.40. The summed E-state index contributed by atoms with van der Waals surface area (Å²) in [5, 5.41) is 3.95. The molecule has 0 saturated carbocycles. The molecular weight excluding hydrogens is 450 g/mol. The number of amides is 2. The molecule has 4 aromatic rings. The van der Waals surface area contributed by atoms with Crippen molar-refractivity contribution >= 4 is 28.4 Å². The zero-order valence-electron chi connectivity index (χ0n) is 20.4. The van der Waals surface area contributed by atoms with Crippen LogP contribution in [0.4, 0.5) is 5.69 Å². The van der Waals surface area contributed by atoms with Crippen LogP contribution in [-0.4, -0.2) is 47.6 Å². The summed E-state index contributed by atoms with van der Waals surface area (Å²) in [4.78, 5) is 27.7. The van der Waals surface area contributed by atoms with Gasteiger partial charge in [-0.15, -0.1) is 0 Å². The number of para-hydroxylation sites is 2. The Bertz CT molecular complexity index is 1340. The maximum atomic E-state index is 13.2. The van der Waals surface area contributed by atoms with E-state index in [1.165, 1.54) is 0 Å². The Hall–Kier alpha value is -3.90. The van der Waals surface area contributed by atoms with Crippen LogP contribution in [0.3, 0.4) is 0 Å². The molecular formula is C30H31N3O3. The minimum absolute atomic E-state index is 0.0823. The molecule has 6 nitrogen and oxygen atoms in total. The average molecular weight is 482 g/mol. The topological polar surface area (TPSA) is 63.6 Å². The second-order valence-corrected chi connectivity index (χ2v) is 9.14. The van der Waals surface area contributed by atoms with Gasteiger partial charge in [-0.05, 0) is 55.2 Å². The van der Waals surface area contributed by atoms with Crippen LogP contribution in [0.2, 0.25) is 0 Å². The predicted molar refractivity (Wildman–Crippen MR) is 142 cm³/mol. The molecule has 2 heterocycles. The number of anilines is 1. The monoisotopic (exact) mass is 481 g/mol. The zero-order chi connectivity index (χ0) is 24.7. The number of nitrogens with one attached hydrogen (secondary N) is 1. The summed E-state index contributed by atoms with van der Waals surface area (Å²) >= 11 is 0. The lowest BCUT2D eigenvalue weighted by atomic mass is 10.0. The quantitative estimate of drug-likeness (QED) is 0.343. The zero-order valence-corrected chi connectivity index (χ0v) is 20.4. The van der Waals surface area contributed by atoms with Gasteiger partial charge in [-0.1, -0.05) is 48.5 Å². The summed E-state index contributed by atoms with van der Waals surface area (Å²) in [6.07, 6.45) is 4.87. The number of aryl methyl sites for hydroxylation is 2. The normalized spacial score (nSPS) is 13.6. The average Bonchev–Trinajstić information content (AvgIpc) is 3.30. The minimum atomic E-state index is -0.0978. The largest absolute Gasteiger partial charge is 0.378 e. The van der Waals surface area contributed by atoms with Gasteiger partial charge >= 0.3 is 0 Å². The molecule has 1 aromatic heterocycles. The van der Waals surface area contributed by atoms with Gasteiger partial charge in [0.05, 0.1) is 18.8 Å². The van der Waals surface area contributed by atoms with Crippen LogP contribution >= 0.6 is 0 Å². The molecule has 1 aliphatic rings. The van der Waals surface area contributed by atoms with Gasteiger partial charge in [0.25, 0.3) is 11.8 Å².